The van der Waals surface area contributed by atoms with Crippen molar-refractivity contribution >= 4 is 5.91 Å². The number of hydrogen-bond donors (Lipinski definition) is 1. The molecule has 6 heteroatoms. The van der Waals surface area contributed by atoms with Gasteiger partial charge >= 0.3 is 0 Å². The number of amides is 1. The first-order chi connectivity index (χ1) is 11.0. The van der Waals surface area contributed by atoms with Crippen molar-refractivity contribution in [3.63, 3.8) is 0 Å². The number of carbonyl (C=O) groups excluding carboxylic acids is 1. The summed E-state index contributed by atoms with van der Waals surface area (Å²) in [6, 6.07) is 5.84. The average molecular weight is 319 g/mol. The summed E-state index contributed by atoms with van der Waals surface area (Å²) in [5.74, 6) is -0.287. The SMILES string of the molecule is CC(C)C(NCc1cc(C#N)ccc1F)C(=O)N1CCOCC1. The quantitative estimate of drug-likeness (QED) is 0.896. The molecule has 1 aromatic carbocycles. The lowest BCUT2D eigenvalue weighted by Crippen LogP contribution is -2.52. The summed E-state index contributed by atoms with van der Waals surface area (Å²) in [4.78, 5) is 14.4. The molecule has 0 radical (unpaired) electrons. The molecule has 1 amide bonds. The van der Waals surface area contributed by atoms with E-state index in [4.69, 9.17) is 10.00 Å². The standard InChI is InChI=1S/C17H22FN3O2/c1-12(2)16(17(22)21-5-7-23-8-6-21)20-11-14-9-13(10-19)3-4-15(14)18/h3-4,9,12,16,20H,5-8,11H2,1-2H3. The molecule has 1 fully saturated rings. The Balaban J connectivity index is 2.05. The van der Waals surface area contributed by atoms with E-state index in [1.54, 1.807) is 4.90 Å². The number of ether oxygens (including phenoxy) is 1. The van der Waals surface area contributed by atoms with Crippen molar-refractivity contribution in [2.45, 2.75) is 26.4 Å². The molecule has 5 nitrogen and oxygen atoms in total. The first kappa shape index (κ1) is 17.4. The van der Waals surface area contributed by atoms with Crippen molar-refractivity contribution in [2.75, 3.05) is 26.3 Å². The molecule has 0 aromatic heterocycles. The molecule has 1 saturated heterocycles. The van der Waals surface area contributed by atoms with Gasteiger partial charge in [-0.3, -0.25) is 4.79 Å². The van der Waals surface area contributed by atoms with E-state index in [2.05, 4.69) is 5.32 Å². The van der Waals surface area contributed by atoms with Gasteiger partial charge in [-0.1, -0.05) is 13.8 Å². The Morgan fingerprint density at radius 3 is 2.74 bits per heavy atom. The van der Waals surface area contributed by atoms with Gasteiger partial charge in [-0.2, -0.15) is 5.26 Å². The minimum Gasteiger partial charge on any atom is -0.378 e. The zero-order chi connectivity index (χ0) is 16.8. The lowest BCUT2D eigenvalue weighted by Gasteiger charge is -2.32. The molecule has 1 atom stereocenters. The number of carbonyl (C=O) groups is 1. The number of rotatable bonds is 5. The summed E-state index contributed by atoms with van der Waals surface area (Å²) in [6.07, 6.45) is 0. The van der Waals surface area contributed by atoms with Crippen LogP contribution in [-0.2, 0) is 16.1 Å². The molecule has 0 aliphatic carbocycles. The van der Waals surface area contributed by atoms with Gasteiger partial charge in [0.05, 0.1) is 30.9 Å². The van der Waals surface area contributed by atoms with Gasteiger partial charge in [-0.25, -0.2) is 4.39 Å². The molecule has 1 N–H and O–H groups in total. The first-order valence-electron chi connectivity index (χ1n) is 7.81. The van der Waals surface area contributed by atoms with Crippen LogP contribution in [0, 0.1) is 23.1 Å². The number of hydrogen-bond acceptors (Lipinski definition) is 4. The maximum absolute atomic E-state index is 13.9. The van der Waals surface area contributed by atoms with E-state index < -0.39 is 6.04 Å². The van der Waals surface area contributed by atoms with Gasteiger partial charge in [0, 0.05) is 25.2 Å². The van der Waals surface area contributed by atoms with Crippen molar-refractivity contribution < 1.29 is 13.9 Å². The van der Waals surface area contributed by atoms with Crippen LogP contribution >= 0.6 is 0 Å². The van der Waals surface area contributed by atoms with Gasteiger partial charge in [0.2, 0.25) is 5.91 Å². The highest BCUT2D eigenvalue weighted by Gasteiger charge is 2.28. The van der Waals surface area contributed by atoms with Crippen molar-refractivity contribution in [2.24, 2.45) is 5.92 Å². The smallest absolute Gasteiger partial charge is 0.240 e. The second-order valence-corrected chi connectivity index (χ2v) is 5.96. The fourth-order valence-corrected chi connectivity index (χ4v) is 2.59. The van der Waals surface area contributed by atoms with E-state index in [1.165, 1.54) is 18.2 Å². The van der Waals surface area contributed by atoms with Crippen LogP contribution in [0.2, 0.25) is 0 Å². The fourth-order valence-electron chi connectivity index (χ4n) is 2.59. The minimum absolute atomic E-state index is 0.0140. The van der Waals surface area contributed by atoms with E-state index >= 15 is 0 Å². The van der Waals surface area contributed by atoms with E-state index in [1.807, 2.05) is 19.9 Å². The van der Waals surface area contributed by atoms with Crippen LogP contribution in [0.25, 0.3) is 0 Å². The molecular weight excluding hydrogens is 297 g/mol. The molecule has 1 heterocycles. The van der Waals surface area contributed by atoms with Gasteiger partial charge in [-0.05, 0) is 24.1 Å². The van der Waals surface area contributed by atoms with Crippen LogP contribution in [0.15, 0.2) is 18.2 Å². The molecule has 0 spiro atoms. The third-order valence-electron chi connectivity index (χ3n) is 3.94. The molecule has 0 bridgehead atoms. The van der Waals surface area contributed by atoms with Crippen LogP contribution in [0.4, 0.5) is 4.39 Å². The van der Waals surface area contributed by atoms with Crippen molar-refractivity contribution in [1.29, 1.82) is 5.26 Å². The molecular formula is C17H22FN3O2. The van der Waals surface area contributed by atoms with Crippen LogP contribution in [0.5, 0.6) is 0 Å². The lowest BCUT2D eigenvalue weighted by atomic mass is 10.0. The van der Waals surface area contributed by atoms with E-state index in [0.29, 0.717) is 37.4 Å². The molecule has 0 saturated carbocycles. The Bertz CT molecular complexity index is 592. The van der Waals surface area contributed by atoms with Gasteiger partial charge in [0.25, 0.3) is 0 Å². The summed E-state index contributed by atoms with van der Waals surface area (Å²) in [5.41, 5.74) is 0.799. The Hall–Kier alpha value is -1.97. The van der Waals surface area contributed by atoms with Gasteiger partial charge < -0.3 is 15.0 Å². The number of nitriles is 1. The third-order valence-corrected chi connectivity index (χ3v) is 3.94. The molecule has 1 aromatic rings. The normalized spacial score (nSPS) is 16.2. The summed E-state index contributed by atoms with van der Waals surface area (Å²) in [7, 11) is 0. The largest absolute Gasteiger partial charge is 0.378 e. The van der Waals surface area contributed by atoms with Crippen LogP contribution < -0.4 is 5.32 Å². The first-order valence-corrected chi connectivity index (χ1v) is 7.81. The number of nitrogens with one attached hydrogen (secondary N) is 1. The maximum atomic E-state index is 13.9. The Morgan fingerprint density at radius 1 is 1.43 bits per heavy atom. The minimum atomic E-state index is -0.391. The van der Waals surface area contributed by atoms with E-state index in [-0.39, 0.29) is 24.2 Å². The zero-order valence-corrected chi connectivity index (χ0v) is 13.5. The Labute approximate surface area is 136 Å². The predicted molar refractivity (Wildman–Crippen MR) is 84.0 cm³/mol. The zero-order valence-electron chi connectivity index (χ0n) is 13.5. The van der Waals surface area contributed by atoms with Gasteiger partial charge in [-0.15, -0.1) is 0 Å². The molecule has 124 valence electrons. The van der Waals surface area contributed by atoms with Crippen molar-refractivity contribution in [3.8, 4) is 6.07 Å². The molecule has 1 aliphatic heterocycles. The molecule has 1 aliphatic rings. The lowest BCUT2D eigenvalue weighted by molar-refractivity contribution is -0.138. The topological polar surface area (TPSA) is 65.4 Å². The van der Waals surface area contributed by atoms with Crippen molar-refractivity contribution in [3.05, 3.63) is 35.1 Å². The highest BCUT2D eigenvalue weighted by atomic mass is 19.1. The van der Waals surface area contributed by atoms with Crippen molar-refractivity contribution in [1.82, 2.24) is 10.2 Å². The predicted octanol–water partition coefficient (Wildman–Crippen LogP) is 1.67. The maximum Gasteiger partial charge on any atom is 0.240 e. The van der Waals surface area contributed by atoms with Crippen LogP contribution in [0.3, 0.4) is 0 Å². The Morgan fingerprint density at radius 2 is 2.13 bits per heavy atom. The number of benzene rings is 1. The van der Waals surface area contributed by atoms with Gasteiger partial charge in [0.15, 0.2) is 0 Å². The number of morpholine rings is 1. The third kappa shape index (κ3) is 4.50. The number of halogens is 1. The van der Waals surface area contributed by atoms with Crippen LogP contribution in [0.1, 0.15) is 25.0 Å². The molecule has 2 rings (SSSR count). The fraction of sp³-hybridized carbons (Fsp3) is 0.529. The summed E-state index contributed by atoms with van der Waals surface area (Å²) in [5, 5.41) is 12.1. The average Bonchev–Trinajstić information content (AvgIpc) is 2.57. The number of nitrogens with zero attached hydrogens (tertiary/aromatic N) is 2. The second kappa shape index (κ2) is 8.04. The molecule has 23 heavy (non-hydrogen) atoms. The summed E-state index contributed by atoms with van der Waals surface area (Å²) < 4.78 is 19.1. The Kier molecular flexibility index (Phi) is 6.08. The van der Waals surface area contributed by atoms with E-state index in [9.17, 15) is 9.18 Å². The van der Waals surface area contributed by atoms with E-state index in [0.717, 1.165) is 0 Å². The summed E-state index contributed by atoms with van der Waals surface area (Å²) >= 11 is 0. The highest BCUT2D eigenvalue weighted by Crippen LogP contribution is 2.13. The monoisotopic (exact) mass is 319 g/mol. The molecule has 1 unspecified atom stereocenters. The summed E-state index contributed by atoms with van der Waals surface area (Å²) in [6.45, 7) is 6.39. The highest BCUT2D eigenvalue weighted by molar-refractivity contribution is 5.82. The second-order valence-electron chi connectivity index (χ2n) is 5.96. The van der Waals surface area contributed by atoms with Crippen LogP contribution in [-0.4, -0.2) is 43.2 Å². The van der Waals surface area contributed by atoms with Gasteiger partial charge in [0.1, 0.15) is 5.82 Å².